The molecular weight excluding hydrogens is 436 g/mol. The summed E-state index contributed by atoms with van der Waals surface area (Å²) in [5.74, 6) is 0.403. The summed E-state index contributed by atoms with van der Waals surface area (Å²) < 4.78 is 38.2. The fourth-order valence-electron chi connectivity index (χ4n) is 3.03. The maximum absolute atomic E-state index is 13.3. The molecule has 0 atom stereocenters. The van der Waals surface area contributed by atoms with Gasteiger partial charge in [-0.25, -0.2) is 4.98 Å². The SMILES string of the molecule is COc1cnc2c(c1)c(CCC(=O)O)nn2S(=O)(=O)c1ccc(Oc2ccncc2)cc1. The summed E-state index contributed by atoms with van der Waals surface area (Å²) >= 11 is 0. The highest BCUT2D eigenvalue weighted by Crippen LogP contribution is 2.27. The number of benzene rings is 1. The number of hydrogen-bond donors (Lipinski definition) is 1. The van der Waals surface area contributed by atoms with Crippen molar-refractivity contribution in [2.45, 2.75) is 17.7 Å². The molecule has 10 nitrogen and oxygen atoms in total. The maximum Gasteiger partial charge on any atom is 0.303 e. The van der Waals surface area contributed by atoms with E-state index in [1.807, 2.05) is 0 Å². The van der Waals surface area contributed by atoms with Gasteiger partial charge in [0, 0.05) is 24.2 Å². The van der Waals surface area contributed by atoms with Crippen LogP contribution >= 0.6 is 0 Å². The summed E-state index contributed by atoms with van der Waals surface area (Å²) in [7, 11) is -2.65. The normalized spacial score (nSPS) is 11.4. The first-order valence-corrected chi connectivity index (χ1v) is 10.9. The van der Waals surface area contributed by atoms with Gasteiger partial charge in [-0.05, 0) is 42.5 Å². The Hall–Kier alpha value is -3.99. The molecule has 0 aliphatic carbocycles. The number of rotatable bonds is 8. The number of fused-ring (bicyclic) bond motifs is 1. The second-order valence-corrected chi connectivity index (χ2v) is 8.46. The number of nitrogens with zero attached hydrogens (tertiary/aromatic N) is 4. The van der Waals surface area contributed by atoms with E-state index in [4.69, 9.17) is 14.6 Å². The third kappa shape index (κ3) is 4.23. The van der Waals surface area contributed by atoms with Crippen molar-refractivity contribution in [3.8, 4) is 17.2 Å². The molecule has 0 aliphatic rings. The third-order valence-electron chi connectivity index (χ3n) is 4.59. The van der Waals surface area contributed by atoms with E-state index in [0.717, 1.165) is 4.09 Å². The molecule has 4 rings (SSSR count). The Morgan fingerprint density at radius 3 is 2.41 bits per heavy atom. The highest BCUT2D eigenvalue weighted by atomic mass is 32.2. The van der Waals surface area contributed by atoms with Gasteiger partial charge in [-0.15, -0.1) is 4.09 Å². The molecule has 1 N–H and O–H groups in total. The summed E-state index contributed by atoms with van der Waals surface area (Å²) in [4.78, 5) is 19.1. The average Bonchev–Trinajstić information content (AvgIpc) is 3.17. The van der Waals surface area contributed by atoms with Crippen molar-refractivity contribution in [2.75, 3.05) is 7.11 Å². The molecule has 0 radical (unpaired) electrons. The van der Waals surface area contributed by atoms with Gasteiger partial charge in [-0.2, -0.15) is 13.5 Å². The molecule has 164 valence electrons. The zero-order chi connectivity index (χ0) is 22.7. The summed E-state index contributed by atoms with van der Waals surface area (Å²) in [5, 5.41) is 13.6. The number of aliphatic carboxylic acids is 1. The largest absolute Gasteiger partial charge is 0.495 e. The monoisotopic (exact) mass is 454 g/mol. The first kappa shape index (κ1) is 21.2. The number of aryl methyl sites for hydroxylation is 1. The number of carboxylic acid groups (broad SMARTS) is 1. The highest BCUT2D eigenvalue weighted by Gasteiger charge is 2.24. The van der Waals surface area contributed by atoms with Crippen LogP contribution in [0, 0.1) is 0 Å². The fraction of sp³-hybridized carbons (Fsp3) is 0.143. The lowest BCUT2D eigenvalue weighted by Crippen LogP contribution is -2.15. The smallest absolute Gasteiger partial charge is 0.303 e. The van der Waals surface area contributed by atoms with Crippen molar-refractivity contribution < 1.29 is 27.8 Å². The number of hydrogen-bond acceptors (Lipinski definition) is 8. The van der Waals surface area contributed by atoms with Crippen LogP contribution in [0.15, 0.2) is 66.0 Å². The van der Waals surface area contributed by atoms with E-state index in [-0.39, 0.29) is 23.4 Å². The van der Waals surface area contributed by atoms with Gasteiger partial charge in [0.15, 0.2) is 5.65 Å². The summed E-state index contributed by atoms with van der Waals surface area (Å²) in [6.07, 6.45) is 4.39. The molecule has 0 amide bonds. The summed E-state index contributed by atoms with van der Waals surface area (Å²) in [6, 6.07) is 10.8. The van der Waals surface area contributed by atoms with Gasteiger partial charge in [0.2, 0.25) is 0 Å². The zero-order valence-electron chi connectivity index (χ0n) is 16.9. The number of methoxy groups -OCH3 is 1. The van der Waals surface area contributed by atoms with Crippen molar-refractivity contribution in [2.24, 2.45) is 0 Å². The first-order chi connectivity index (χ1) is 15.4. The highest BCUT2D eigenvalue weighted by molar-refractivity contribution is 7.90. The lowest BCUT2D eigenvalue weighted by molar-refractivity contribution is -0.136. The van der Waals surface area contributed by atoms with Crippen LogP contribution in [0.3, 0.4) is 0 Å². The van der Waals surface area contributed by atoms with Crippen molar-refractivity contribution in [3.05, 3.63) is 66.7 Å². The van der Waals surface area contributed by atoms with Gasteiger partial charge < -0.3 is 14.6 Å². The Labute approximate surface area is 183 Å². The molecule has 4 aromatic rings. The fourth-order valence-corrected chi connectivity index (χ4v) is 4.28. The average molecular weight is 454 g/mol. The second-order valence-electron chi connectivity index (χ2n) is 6.69. The van der Waals surface area contributed by atoms with E-state index in [0.29, 0.717) is 28.3 Å². The molecule has 1 aromatic carbocycles. The van der Waals surface area contributed by atoms with E-state index in [9.17, 15) is 13.2 Å². The van der Waals surface area contributed by atoms with Crippen molar-refractivity contribution in [1.82, 2.24) is 19.2 Å². The van der Waals surface area contributed by atoms with E-state index in [1.165, 1.54) is 37.6 Å². The van der Waals surface area contributed by atoms with Crippen LogP contribution in [-0.2, 0) is 21.2 Å². The Balaban J connectivity index is 1.71. The second kappa shape index (κ2) is 8.63. The van der Waals surface area contributed by atoms with E-state index in [1.54, 1.807) is 30.6 Å². The quantitative estimate of drug-likeness (QED) is 0.426. The number of carboxylic acids is 1. The van der Waals surface area contributed by atoms with Gasteiger partial charge in [0.25, 0.3) is 10.0 Å². The van der Waals surface area contributed by atoms with Gasteiger partial charge in [0.1, 0.15) is 17.2 Å². The van der Waals surface area contributed by atoms with Crippen LogP contribution in [0.4, 0.5) is 0 Å². The van der Waals surface area contributed by atoms with Crippen LogP contribution in [0.25, 0.3) is 11.0 Å². The van der Waals surface area contributed by atoms with Crippen LogP contribution in [0.1, 0.15) is 12.1 Å². The van der Waals surface area contributed by atoms with Crippen LogP contribution in [-0.4, -0.2) is 45.8 Å². The number of aromatic nitrogens is 4. The van der Waals surface area contributed by atoms with Crippen LogP contribution < -0.4 is 9.47 Å². The Morgan fingerprint density at radius 2 is 1.75 bits per heavy atom. The van der Waals surface area contributed by atoms with Crippen molar-refractivity contribution in [1.29, 1.82) is 0 Å². The van der Waals surface area contributed by atoms with E-state index >= 15 is 0 Å². The molecular formula is C21H18N4O6S. The summed E-state index contributed by atoms with van der Waals surface area (Å²) in [6.45, 7) is 0. The first-order valence-electron chi connectivity index (χ1n) is 9.45. The van der Waals surface area contributed by atoms with Crippen molar-refractivity contribution in [3.63, 3.8) is 0 Å². The van der Waals surface area contributed by atoms with Gasteiger partial charge >= 0.3 is 5.97 Å². The molecule has 11 heteroatoms. The lowest BCUT2D eigenvalue weighted by atomic mass is 10.2. The molecule has 0 bridgehead atoms. The van der Waals surface area contributed by atoms with Gasteiger partial charge in [-0.3, -0.25) is 9.78 Å². The predicted molar refractivity (Wildman–Crippen MR) is 113 cm³/mol. The molecule has 0 spiro atoms. The molecule has 0 fully saturated rings. The molecule has 3 heterocycles. The van der Waals surface area contributed by atoms with Crippen molar-refractivity contribution >= 4 is 27.0 Å². The molecule has 3 aromatic heterocycles. The van der Waals surface area contributed by atoms with Crippen LogP contribution in [0.5, 0.6) is 17.2 Å². The molecule has 0 saturated heterocycles. The lowest BCUT2D eigenvalue weighted by Gasteiger charge is -2.08. The Bertz CT molecular complexity index is 1370. The Morgan fingerprint density at radius 1 is 1.06 bits per heavy atom. The standard InChI is InChI=1S/C21H18N4O6S/c1-30-16-12-18-19(6-7-20(26)27)24-25(21(18)23-13-16)32(28,29)17-4-2-14(3-5-17)31-15-8-10-22-11-9-15/h2-5,8-13H,6-7H2,1H3,(H,26,27). The minimum absolute atomic E-state index is 0.0219. The number of carbonyl (C=O) groups is 1. The number of ether oxygens (including phenoxy) is 2. The van der Waals surface area contributed by atoms with Crippen LogP contribution in [0.2, 0.25) is 0 Å². The topological polar surface area (TPSA) is 134 Å². The minimum Gasteiger partial charge on any atom is -0.495 e. The Kier molecular flexibility index (Phi) is 5.73. The summed E-state index contributed by atoms with van der Waals surface area (Å²) in [5.41, 5.74) is 0.387. The number of pyridine rings is 2. The maximum atomic E-state index is 13.3. The molecule has 32 heavy (non-hydrogen) atoms. The predicted octanol–water partition coefficient (Wildman–Crippen LogP) is 2.88. The molecule has 0 aliphatic heterocycles. The van der Waals surface area contributed by atoms with E-state index < -0.39 is 16.0 Å². The molecule has 0 unspecified atom stereocenters. The minimum atomic E-state index is -4.10. The third-order valence-corrected chi connectivity index (χ3v) is 6.17. The van der Waals surface area contributed by atoms with Gasteiger partial charge in [-0.1, -0.05) is 0 Å². The zero-order valence-corrected chi connectivity index (χ0v) is 17.7. The van der Waals surface area contributed by atoms with Gasteiger partial charge in [0.05, 0.1) is 30.3 Å². The molecule has 0 saturated carbocycles. The van der Waals surface area contributed by atoms with E-state index in [2.05, 4.69) is 15.1 Å².